The van der Waals surface area contributed by atoms with Crippen LogP contribution in [0.5, 0.6) is 5.75 Å². The van der Waals surface area contributed by atoms with E-state index < -0.39 is 0 Å². The van der Waals surface area contributed by atoms with E-state index in [1.165, 1.54) is 5.56 Å². The van der Waals surface area contributed by atoms with Crippen molar-refractivity contribution in [1.29, 1.82) is 0 Å². The molecule has 0 spiro atoms. The van der Waals surface area contributed by atoms with Gasteiger partial charge in [-0.3, -0.25) is 4.98 Å². The molecule has 0 saturated heterocycles. The van der Waals surface area contributed by atoms with Crippen LogP contribution in [0.25, 0.3) is 0 Å². The van der Waals surface area contributed by atoms with E-state index in [2.05, 4.69) is 25.9 Å². The largest absolute Gasteiger partial charge is 0.492 e. The molecule has 82 valence electrons. The highest BCUT2D eigenvalue weighted by atomic mass is 79.9. The monoisotopic (exact) mass is 278 g/mol. The quantitative estimate of drug-likeness (QED) is 0.807. The summed E-state index contributed by atoms with van der Waals surface area (Å²) in [7, 11) is 0. The van der Waals surface area contributed by atoms with Crippen LogP contribution in [0.1, 0.15) is 5.56 Å². The fourth-order valence-corrected chi connectivity index (χ4v) is 1.52. The van der Waals surface area contributed by atoms with Crippen molar-refractivity contribution in [3.63, 3.8) is 0 Å². The van der Waals surface area contributed by atoms with Gasteiger partial charge in [0.2, 0.25) is 0 Å². The minimum absolute atomic E-state index is 0.646. The minimum atomic E-state index is 0.646. The van der Waals surface area contributed by atoms with Gasteiger partial charge in [-0.15, -0.1) is 0 Å². The molecular weight excluding hydrogens is 268 g/mol. The van der Waals surface area contributed by atoms with Crippen molar-refractivity contribution >= 4 is 15.9 Å². The van der Waals surface area contributed by atoms with Crippen LogP contribution in [-0.4, -0.2) is 16.6 Å². The van der Waals surface area contributed by atoms with Gasteiger partial charge in [-0.1, -0.05) is 0 Å². The van der Waals surface area contributed by atoms with Crippen LogP contribution in [0, 0.1) is 0 Å². The highest BCUT2D eigenvalue weighted by molar-refractivity contribution is 9.10. The van der Waals surface area contributed by atoms with E-state index in [1.807, 2.05) is 24.3 Å². The fourth-order valence-electron chi connectivity index (χ4n) is 1.28. The van der Waals surface area contributed by atoms with Crippen LogP contribution in [0.2, 0.25) is 0 Å². The second kappa shape index (κ2) is 5.61. The summed E-state index contributed by atoms with van der Waals surface area (Å²) in [5.74, 6) is 0.789. The van der Waals surface area contributed by atoms with Crippen molar-refractivity contribution < 1.29 is 4.74 Å². The maximum absolute atomic E-state index is 5.56. The van der Waals surface area contributed by atoms with Crippen molar-refractivity contribution in [2.75, 3.05) is 6.61 Å². The first-order chi connectivity index (χ1) is 7.84. The zero-order valence-corrected chi connectivity index (χ0v) is 10.2. The Kier molecular flexibility index (Phi) is 3.88. The number of aromatic nitrogens is 2. The predicted molar refractivity (Wildman–Crippen MR) is 65.4 cm³/mol. The Morgan fingerprint density at radius 1 is 1.12 bits per heavy atom. The molecule has 0 aliphatic rings. The third-order valence-electron chi connectivity index (χ3n) is 2.11. The summed E-state index contributed by atoms with van der Waals surface area (Å²) in [5.41, 5.74) is 1.22. The van der Waals surface area contributed by atoms with Gasteiger partial charge in [0.1, 0.15) is 10.4 Å². The van der Waals surface area contributed by atoms with E-state index in [4.69, 9.17) is 4.74 Å². The van der Waals surface area contributed by atoms with Crippen LogP contribution >= 0.6 is 15.9 Å². The number of rotatable bonds is 4. The summed E-state index contributed by atoms with van der Waals surface area (Å²) < 4.78 is 6.38. The molecule has 4 heteroatoms. The van der Waals surface area contributed by atoms with Crippen molar-refractivity contribution in [3.8, 4) is 5.75 Å². The lowest BCUT2D eigenvalue weighted by molar-refractivity contribution is 0.320. The molecule has 0 aliphatic heterocycles. The Hall–Kier alpha value is -1.42. The average Bonchev–Trinajstić information content (AvgIpc) is 2.33. The van der Waals surface area contributed by atoms with Gasteiger partial charge in [0.15, 0.2) is 0 Å². The molecule has 0 atom stereocenters. The van der Waals surface area contributed by atoms with E-state index in [0.29, 0.717) is 6.61 Å². The molecule has 0 saturated carbocycles. The Balaban J connectivity index is 1.82. The molecule has 0 unspecified atom stereocenters. The highest BCUT2D eigenvalue weighted by Crippen LogP contribution is 2.12. The number of nitrogens with zero attached hydrogens (tertiary/aromatic N) is 2. The first-order valence-electron chi connectivity index (χ1n) is 4.98. The average molecular weight is 279 g/mol. The summed E-state index contributed by atoms with van der Waals surface area (Å²) in [6.07, 6.45) is 6.16. The van der Waals surface area contributed by atoms with Crippen molar-refractivity contribution in [3.05, 3.63) is 53.0 Å². The number of hydrogen-bond donors (Lipinski definition) is 0. The molecule has 0 bridgehead atoms. The van der Waals surface area contributed by atoms with Crippen molar-refractivity contribution in [2.45, 2.75) is 6.42 Å². The third-order valence-corrected chi connectivity index (χ3v) is 2.58. The smallest absolute Gasteiger partial charge is 0.137 e. The van der Waals surface area contributed by atoms with Crippen LogP contribution in [0.4, 0.5) is 0 Å². The minimum Gasteiger partial charge on any atom is -0.492 e. The summed E-state index contributed by atoms with van der Waals surface area (Å²) in [6.45, 7) is 0.646. The number of pyridine rings is 2. The Morgan fingerprint density at radius 2 is 1.94 bits per heavy atom. The lowest BCUT2D eigenvalue weighted by Crippen LogP contribution is -2.01. The van der Waals surface area contributed by atoms with Gasteiger partial charge < -0.3 is 4.74 Å². The number of halogens is 1. The normalized spacial score (nSPS) is 10.1. The van der Waals surface area contributed by atoms with E-state index in [0.717, 1.165) is 16.8 Å². The molecule has 2 aromatic rings. The second-order valence-corrected chi connectivity index (χ2v) is 4.08. The lowest BCUT2D eigenvalue weighted by atomic mass is 10.2. The van der Waals surface area contributed by atoms with E-state index in [9.17, 15) is 0 Å². The fraction of sp³-hybridized carbons (Fsp3) is 0.167. The van der Waals surface area contributed by atoms with Crippen LogP contribution < -0.4 is 4.74 Å². The molecule has 0 amide bonds. The van der Waals surface area contributed by atoms with E-state index in [-0.39, 0.29) is 0 Å². The number of hydrogen-bond acceptors (Lipinski definition) is 3. The molecule has 2 aromatic heterocycles. The Bertz CT molecular complexity index is 431. The van der Waals surface area contributed by atoms with Crippen molar-refractivity contribution in [2.24, 2.45) is 0 Å². The zero-order valence-electron chi connectivity index (χ0n) is 8.64. The van der Waals surface area contributed by atoms with Crippen LogP contribution in [0.3, 0.4) is 0 Å². The molecule has 2 heterocycles. The first-order valence-corrected chi connectivity index (χ1v) is 5.77. The highest BCUT2D eigenvalue weighted by Gasteiger charge is 1.96. The van der Waals surface area contributed by atoms with Gasteiger partial charge in [0.25, 0.3) is 0 Å². The second-order valence-electron chi connectivity index (χ2n) is 3.27. The SMILES string of the molecule is Brc1ccc(OCCc2ccncc2)cn1. The van der Waals surface area contributed by atoms with Gasteiger partial charge >= 0.3 is 0 Å². The molecular formula is C12H11BrN2O. The molecule has 0 fully saturated rings. The topological polar surface area (TPSA) is 35.0 Å². The molecule has 3 nitrogen and oxygen atoms in total. The van der Waals surface area contributed by atoms with Gasteiger partial charge in [-0.2, -0.15) is 0 Å². The van der Waals surface area contributed by atoms with Crippen LogP contribution in [-0.2, 0) is 6.42 Å². The van der Waals surface area contributed by atoms with E-state index >= 15 is 0 Å². The maximum atomic E-state index is 5.56. The summed E-state index contributed by atoms with van der Waals surface area (Å²) >= 11 is 3.28. The summed E-state index contributed by atoms with van der Waals surface area (Å²) in [5, 5.41) is 0. The molecule has 0 aliphatic carbocycles. The molecule has 2 rings (SSSR count). The summed E-state index contributed by atoms with van der Waals surface area (Å²) in [4.78, 5) is 8.05. The predicted octanol–water partition coefficient (Wildman–Crippen LogP) is 2.86. The molecule has 16 heavy (non-hydrogen) atoms. The Morgan fingerprint density at radius 3 is 2.62 bits per heavy atom. The maximum Gasteiger partial charge on any atom is 0.137 e. The van der Waals surface area contributed by atoms with Gasteiger partial charge in [-0.05, 0) is 45.8 Å². The number of ether oxygens (including phenoxy) is 1. The standard InChI is InChI=1S/C12H11BrN2O/c13-12-2-1-11(9-15-12)16-8-5-10-3-6-14-7-4-10/h1-4,6-7,9H,5,8H2. The van der Waals surface area contributed by atoms with E-state index in [1.54, 1.807) is 18.6 Å². The Labute approximate surface area is 103 Å². The lowest BCUT2D eigenvalue weighted by Gasteiger charge is -2.05. The van der Waals surface area contributed by atoms with Gasteiger partial charge in [0.05, 0.1) is 12.8 Å². The molecule has 0 aromatic carbocycles. The first kappa shape index (κ1) is 11.1. The molecule has 0 N–H and O–H groups in total. The van der Waals surface area contributed by atoms with Gasteiger partial charge in [0, 0.05) is 18.8 Å². The van der Waals surface area contributed by atoms with Crippen molar-refractivity contribution in [1.82, 2.24) is 9.97 Å². The van der Waals surface area contributed by atoms with Crippen LogP contribution in [0.15, 0.2) is 47.5 Å². The molecule has 0 radical (unpaired) electrons. The zero-order chi connectivity index (χ0) is 11.2. The summed E-state index contributed by atoms with van der Waals surface area (Å²) in [6, 6.07) is 7.73. The van der Waals surface area contributed by atoms with Gasteiger partial charge in [-0.25, -0.2) is 4.98 Å². The third kappa shape index (κ3) is 3.31.